The first-order valence-electron chi connectivity index (χ1n) is 11.3. The molecule has 0 unspecified atom stereocenters. The number of ether oxygens (including phenoxy) is 4. The molecule has 8 bridgehead atoms. The van der Waals surface area contributed by atoms with Gasteiger partial charge in [0.25, 0.3) is 0 Å². The third-order valence-corrected chi connectivity index (χ3v) is 5.38. The van der Waals surface area contributed by atoms with Gasteiger partial charge in [-0.3, -0.25) is 0 Å². The van der Waals surface area contributed by atoms with Crippen LogP contribution in [0, 0.1) is 0 Å². The largest absolute Gasteiger partial charge is 0.490 e. The van der Waals surface area contributed by atoms with E-state index in [2.05, 4.69) is 0 Å². The molecule has 172 valence electrons. The zero-order valence-corrected chi connectivity index (χ0v) is 18.9. The summed E-state index contributed by atoms with van der Waals surface area (Å²) < 4.78 is 23.4. The topological polar surface area (TPSA) is 62.7 Å². The van der Waals surface area contributed by atoms with Crippen LogP contribution in [0.1, 0.15) is 22.5 Å². The van der Waals surface area contributed by atoms with Gasteiger partial charge in [0.1, 0.15) is 24.7 Å². The lowest BCUT2D eigenvalue weighted by Crippen LogP contribution is -2.09. The first-order chi connectivity index (χ1) is 16.8. The predicted molar refractivity (Wildman–Crippen MR) is 128 cm³/mol. The van der Waals surface area contributed by atoms with Crippen molar-refractivity contribution < 1.29 is 18.9 Å². The number of aromatic nitrogens is 2. The fourth-order valence-electron chi connectivity index (χ4n) is 3.63. The van der Waals surface area contributed by atoms with E-state index >= 15 is 0 Å². The third-order valence-electron chi connectivity index (χ3n) is 5.38. The highest BCUT2D eigenvalue weighted by Crippen LogP contribution is 2.18. The second kappa shape index (κ2) is 10.9. The van der Waals surface area contributed by atoms with Gasteiger partial charge in [0.05, 0.1) is 49.2 Å². The maximum atomic E-state index is 5.89. The summed E-state index contributed by atoms with van der Waals surface area (Å²) in [5.41, 5.74) is 5.49. The summed E-state index contributed by atoms with van der Waals surface area (Å²) in [7, 11) is 0. The second-order valence-electron chi connectivity index (χ2n) is 8.00. The molecule has 0 atom stereocenters. The highest BCUT2D eigenvalue weighted by atomic mass is 16.5. The Hall–Kier alpha value is -3.74. The number of pyridine rings is 2. The summed E-state index contributed by atoms with van der Waals surface area (Å²) >= 11 is 0. The predicted octanol–water partition coefficient (Wildman–Crippen LogP) is 5.35. The lowest BCUT2D eigenvalue weighted by molar-refractivity contribution is 0.104. The molecule has 4 aromatic rings. The van der Waals surface area contributed by atoms with E-state index in [1.165, 1.54) is 0 Å². The maximum absolute atomic E-state index is 5.89. The first kappa shape index (κ1) is 22.1. The lowest BCUT2D eigenvalue weighted by atomic mass is 10.2. The molecule has 0 spiro atoms. The van der Waals surface area contributed by atoms with E-state index in [0.717, 1.165) is 45.4 Å². The van der Waals surface area contributed by atoms with E-state index in [0.29, 0.717) is 39.6 Å². The van der Waals surface area contributed by atoms with Gasteiger partial charge in [0, 0.05) is 0 Å². The van der Waals surface area contributed by atoms with Crippen LogP contribution in [-0.4, -0.2) is 23.2 Å². The molecule has 0 N–H and O–H groups in total. The SMILES string of the molecule is c1cc2nc(c1)-c1cccc(n1)COCc1ccc(cc1)OCCOc1ccc(cc1)COC2. The van der Waals surface area contributed by atoms with Crippen LogP contribution < -0.4 is 9.47 Å². The van der Waals surface area contributed by atoms with Crippen molar-refractivity contribution in [1.82, 2.24) is 9.97 Å². The van der Waals surface area contributed by atoms with Crippen molar-refractivity contribution in [3.63, 3.8) is 0 Å². The Balaban J connectivity index is 1.34. The molecule has 2 aromatic heterocycles. The zero-order valence-electron chi connectivity index (χ0n) is 18.9. The highest BCUT2D eigenvalue weighted by molar-refractivity contribution is 5.54. The average molecular weight is 455 g/mol. The molecule has 2 aromatic carbocycles. The molecule has 0 radical (unpaired) electrons. The molecule has 5 heterocycles. The van der Waals surface area contributed by atoms with E-state index in [1.807, 2.05) is 84.9 Å². The summed E-state index contributed by atoms with van der Waals surface area (Å²) in [4.78, 5) is 9.47. The molecule has 3 aliphatic heterocycles. The average Bonchev–Trinajstić information content (AvgIpc) is 2.88. The van der Waals surface area contributed by atoms with Gasteiger partial charge in [-0.25, -0.2) is 9.97 Å². The van der Waals surface area contributed by atoms with Crippen molar-refractivity contribution in [2.45, 2.75) is 26.4 Å². The Bertz CT molecular complexity index is 1110. The van der Waals surface area contributed by atoms with Crippen molar-refractivity contribution in [3.05, 3.63) is 107 Å². The van der Waals surface area contributed by atoms with Gasteiger partial charge in [0.2, 0.25) is 0 Å². The summed E-state index contributed by atoms with van der Waals surface area (Å²) in [5.74, 6) is 1.61. The van der Waals surface area contributed by atoms with E-state index in [9.17, 15) is 0 Å². The number of nitrogens with zero attached hydrogens (tertiary/aromatic N) is 2. The maximum Gasteiger partial charge on any atom is 0.122 e. The van der Waals surface area contributed by atoms with Crippen molar-refractivity contribution in [3.8, 4) is 22.9 Å². The van der Waals surface area contributed by atoms with Crippen LogP contribution in [0.5, 0.6) is 11.5 Å². The van der Waals surface area contributed by atoms with Crippen LogP contribution in [0.15, 0.2) is 84.9 Å². The Labute approximate surface area is 199 Å². The number of hydrogen-bond donors (Lipinski definition) is 0. The molecule has 0 saturated heterocycles. The van der Waals surface area contributed by atoms with Crippen molar-refractivity contribution in [2.24, 2.45) is 0 Å². The summed E-state index contributed by atoms with van der Waals surface area (Å²) in [6.45, 7) is 2.77. The van der Waals surface area contributed by atoms with Crippen LogP contribution in [0.4, 0.5) is 0 Å². The molecule has 0 fully saturated rings. The fraction of sp³-hybridized carbons (Fsp3) is 0.214. The van der Waals surface area contributed by atoms with Gasteiger partial charge in [-0.2, -0.15) is 0 Å². The zero-order chi connectivity index (χ0) is 23.0. The molecule has 6 heteroatoms. The molecular weight excluding hydrogens is 428 g/mol. The van der Waals surface area contributed by atoms with Crippen molar-refractivity contribution in [1.29, 1.82) is 0 Å². The van der Waals surface area contributed by atoms with Crippen LogP contribution in [-0.2, 0) is 35.9 Å². The minimum absolute atomic E-state index is 0.421. The summed E-state index contributed by atoms with van der Waals surface area (Å²) in [5, 5.41) is 0. The Morgan fingerprint density at radius 1 is 0.471 bits per heavy atom. The first-order valence-corrected chi connectivity index (χ1v) is 11.3. The van der Waals surface area contributed by atoms with Crippen molar-refractivity contribution >= 4 is 0 Å². The number of fused-ring (bicyclic) bond motifs is 2. The Kier molecular flexibility index (Phi) is 7.09. The van der Waals surface area contributed by atoms with E-state index < -0.39 is 0 Å². The van der Waals surface area contributed by atoms with Gasteiger partial charge < -0.3 is 18.9 Å². The van der Waals surface area contributed by atoms with Crippen LogP contribution in [0.2, 0.25) is 0 Å². The van der Waals surface area contributed by atoms with Gasteiger partial charge in [-0.05, 0) is 59.7 Å². The van der Waals surface area contributed by atoms with Crippen LogP contribution >= 0.6 is 0 Å². The normalized spacial score (nSPS) is 14.6. The monoisotopic (exact) mass is 454 g/mol. The number of hydrogen-bond acceptors (Lipinski definition) is 6. The second-order valence-corrected chi connectivity index (χ2v) is 8.00. The van der Waals surface area contributed by atoms with Gasteiger partial charge in [0.15, 0.2) is 0 Å². The standard InChI is InChI=1S/C28H26N2O4/c1-3-23-19-31-17-21-7-11-25(12-8-21)33-15-16-34-26-13-9-22(10-14-26)18-32-20-24-4-2-6-28(30-24)27(5-1)29-23/h1-14H,15-20H2. The van der Waals surface area contributed by atoms with Crippen LogP contribution in [0.3, 0.4) is 0 Å². The summed E-state index contributed by atoms with van der Waals surface area (Å²) in [6, 6.07) is 27.6. The van der Waals surface area contributed by atoms with Gasteiger partial charge >= 0.3 is 0 Å². The fourth-order valence-corrected chi connectivity index (χ4v) is 3.63. The molecule has 34 heavy (non-hydrogen) atoms. The number of rotatable bonds is 0. The lowest BCUT2D eigenvalue weighted by Gasteiger charge is -2.11. The summed E-state index contributed by atoms with van der Waals surface area (Å²) in [6.07, 6.45) is 0. The van der Waals surface area contributed by atoms with Crippen LogP contribution in [0.25, 0.3) is 11.4 Å². The van der Waals surface area contributed by atoms with E-state index in [1.54, 1.807) is 0 Å². The Morgan fingerprint density at radius 2 is 0.912 bits per heavy atom. The van der Waals surface area contributed by atoms with Gasteiger partial charge in [-0.15, -0.1) is 0 Å². The minimum atomic E-state index is 0.421. The molecule has 0 amide bonds. The van der Waals surface area contributed by atoms with Gasteiger partial charge in [-0.1, -0.05) is 36.4 Å². The highest BCUT2D eigenvalue weighted by Gasteiger charge is 2.06. The number of benzene rings is 2. The quantitative estimate of drug-likeness (QED) is 0.357. The van der Waals surface area contributed by atoms with E-state index in [-0.39, 0.29) is 0 Å². The Morgan fingerprint density at radius 3 is 1.35 bits per heavy atom. The molecule has 7 rings (SSSR count). The molecule has 0 saturated carbocycles. The smallest absolute Gasteiger partial charge is 0.122 e. The molecule has 6 nitrogen and oxygen atoms in total. The molecule has 3 aliphatic rings. The molecule has 0 aliphatic carbocycles. The minimum Gasteiger partial charge on any atom is -0.490 e. The van der Waals surface area contributed by atoms with E-state index in [4.69, 9.17) is 28.9 Å². The molecular formula is C28H26N2O4. The van der Waals surface area contributed by atoms with Crippen molar-refractivity contribution in [2.75, 3.05) is 13.2 Å². The third kappa shape index (κ3) is 5.98.